The van der Waals surface area contributed by atoms with E-state index >= 15 is 0 Å². The van der Waals surface area contributed by atoms with Crippen molar-refractivity contribution in [3.63, 3.8) is 0 Å². The number of hydrogen-bond donors (Lipinski definition) is 1. The Kier molecular flexibility index (Phi) is 2.91. The summed E-state index contributed by atoms with van der Waals surface area (Å²) in [6, 6.07) is 4.13. The minimum Gasteiger partial charge on any atom is -0.320 e. The van der Waals surface area contributed by atoms with Gasteiger partial charge in [-0.15, -0.1) is 22.7 Å². The van der Waals surface area contributed by atoms with E-state index in [0.29, 0.717) is 0 Å². The molecule has 0 amide bonds. The van der Waals surface area contributed by atoms with Crippen molar-refractivity contribution < 1.29 is 0 Å². The molecule has 0 aromatic carbocycles. The molecule has 1 atom stereocenters. The Morgan fingerprint density at radius 1 is 1.47 bits per heavy atom. The van der Waals surface area contributed by atoms with Crippen LogP contribution in [0.4, 0.5) is 0 Å². The molecule has 0 bridgehead atoms. The van der Waals surface area contributed by atoms with Crippen molar-refractivity contribution in [1.82, 2.24) is 4.98 Å². The van der Waals surface area contributed by atoms with E-state index in [2.05, 4.69) is 28.7 Å². The van der Waals surface area contributed by atoms with Gasteiger partial charge in [0.15, 0.2) is 0 Å². The van der Waals surface area contributed by atoms with Gasteiger partial charge in [-0.2, -0.15) is 0 Å². The first-order valence-corrected chi connectivity index (χ1v) is 6.68. The molecule has 15 heavy (non-hydrogen) atoms. The average Bonchev–Trinajstić information content (AvgIpc) is 2.88. The second kappa shape index (κ2) is 4.04. The summed E-state index contributed by atoms with van der Waals surface area (Å²) in [5.74, 6) is 0. The second-order valence-corrected chi connectivity index (χ2v) is 5.59. The third kappa shape index (κ3) is 2.12. The molecule has 2 heterocycles. The molecule has 0 aliphatic heterocycles. The Labute approximate surface area is 97.8 Å². The molecule has 4 heteroatoms. The van der Waals surface area contributed by atoms with Crippen molar-refractivity contribution in [2.75, 3.05) is 0 Å². The van der Waals surface area contributed by atoms with E-state index in [1.54, 1.807) is 22.7 Å². The minimum atomic E-state index is -0.291. The van der Waals surface area contributed by atoms with Crippen LogP contribution >= 0.6 is 22.7 Å². The Bertz CT molecular complexity index is 429. The highest BCUT2D eigenvalue weighted by Crippen LogP contribution is 2.31. The third-order valence-corrected chi connectivity index (χ3v) is 4.52. The van der Waals surface area contributed by atoms with Crippen LogP contribution in [0.3, 0.4) is 0 Å². The first-order chi connectivity index (χ1) is 7.13. The monoisotopic (exact) mass is 238 g/mol. The van der Waals surface area contributed by atoms with Crippen molar-refractivity contribution in [2.45, 2.75) is 25.8 Å². The lowest BCUT2D eigenvalue weighted by Crippen LogP contribution is -2.31. The Hall–Kier alpha value is -0.710. The number of nitrogens with zero attached hydrogens (tertiary/aromatic N) is 1. The SMILES string of the molecule is CCC(C)(N)c1nc(-c2cccs2)cs1. The second-order valence-electron chi connectivity index (χ2n) is 3.79. The van der Waals surface area contributed by atoms with Crippen LogP contribution < -0.4 is 5.73 Å². The maximum Gasteiger partial charge on any atom is 0.113 e. The Balaban J connectivity index is 2.33. The molecule has 2 nitrogen and oxygen atoms in total. The van der Waals surface area contributed by atoms with Gasteiger partial charge in [-0.05, 0) is 24.8 Å². The van der Waals surface area contributed by atoms with Crippen LogP contribution in [0.1, 0.15) is 25.3 Å². The van der Waals surface area contributed by atoms with E-state index in [0.717, 1.165) is 17.1 Å². The molecule has 1 unspecified atom stereocenters. The highest BCUT2D eigenvalue weighted by Gasteiger charge is 2.22. The van der Waals surface area contributed by atoms with Crippen LogP contribution in [0.2, 0.25) is 0 Å². The van der Waals surface area contributed by atoms with Crippen LogP contribution in [0, 0.1) is 0 Å². The van der Waals surface area contributed by atoms with E-state index in [9.17, 15) is 0 Å². The van der Waals surface area contributed by atoms with Crippen molar-refractivity contribution in [3.8, 4) is 10.6 Å². The molecule has 0 spiro atoms. The quantitative estimate of drug-likeness (QED) is 0.889. The smallest absolute Gasteiger partial charge is 0.113 e. The lowest BCUT2D eigenvalue weighted by atomic mass is 10.0. The summed E-state index contributed by atoms with van der Waals surface area (Å²) in [6.07, 6.45) is 0.907. The summed E-state index contributed by atoms with van der Waals surface area (Å²) in [7, 11) is 0. The standard InChI is InChI=1S/C11H14N2S2/c1-3-11(2,12)10-13-8(7-15-10)9-5-4-6-14-9/h4-7H,3,12H2,1-2H3. The van der Waals surface area contributed by atoms with E-state index in [1.807, 2.05) is 13.0 Å². The van der Waals surface area contributed by atoms with E-state index in [1.165, 1.54) is 4.88 Å². The van der Waals surface area contributed by atoms with E-state index < -0.39 is 0 Å². The van der Waals surface area contributed by atoms with Crippen molar-refractivity contribution >= 4 is 22.7 Å². The fraction of sp³-hybridized carbons (Fsp3) is 0.364. The Morgan fingerprint density at radius 3 is 2.87 bits per heavy atom. The maximum atomic E-state index is 6.16. The largest absolute Gasteiger partial charge is 0.320 e. The third-order valence-electron chi connectivity index (χ3n) is 2.50. The lowest BCUT2D eigenvalue weighted by Gasteiger charge is -2.18. The van der Waals surface area contributed by atoms with Gasteiger partial charge in [0.1, 0.15) is 5.01 Å². The van der Waals surface area contributed by atoms with Crippen LogP contribution in [-0.2, 0) is 5.54 Å². The summed E-state index contributed by atoms with van der Waals surface area (Å²) in [4.78, 5) is 5.81. The molecular formula is C11H14N2S2. The summed E-state index contributed by atoms with van der Waals surface area (Å²) >= 11 is 3.36. The fourth-order valence-corrected chi connectivity index (χ4v) is 2.95. The first kappa shape index (κ1) is 10.8. The molecule has 0 saturated heterocycles. The number of hydrogen-bond acceptors (Lipinski definition) is 4. The molecule has 0 radical (unpaired) electrons. The molecule has 2 rings (SSSR count). The molecule has 0 fully saturated rings. The predicted molar refractivity (Wildman–Crippen MR) is 67.3 cm³/mol. The van der Waals surface area contributed by atoms with Gasteiger partial charge in [0.25, 0.3) is 0 Å². The van der Waals surface area contributed by atoms with Crippen LogP contribution in [0.15, 0.2) is 22.9 Å². The van der Waals surface area contributed by atoms with Gasteiger partial charge >= 0.3 is 0 Å². The van der Waals surface area contributed by atoms with E-state index in [-0.39, 0.29) is 5.54 Å². The molecule has 2 aromatic rings. The molecule has 2 N–H and O–H groups in total. The average molecular weight is 238 g/mol. The molecule has 0 saturated carbocycles. The maximum absolute atomic E-state index is 6.16. The van der Waals surface area contributed by atoms with Crippen molar-refractivity contribution in [2.24, 2.45) is 5.73 Å². The fourth-order valence-electron chi connectivity index (χ4n) is 1.22. The zero-order valence-electron chi connectivity index (χ0n) is 8.86. The van der Waals surface area contributed by atoms with Gasteiger partial charge in [0, 0.05) is 5.38 Å². The van der Waals surface area contributed by atoms with Crippen molar-refractivity contribution in [3.05, 3.63) is 27.9 Å². The first-order valence-electron chi connectivity index (χ1n) is 4.92. The molecule has 0 aliphatic carbocycles. The molecular weight excluding hydrogens is 224 g/mol. The van der Waals surface area contributed by atoms with Crippen LogP contribution in [0.25, 0.3) is 10.6 Å². The van der Waals surface area contributed by atoms with E-state index in [4.69, 9.17) is 5.73 Å². The minimum absolute atomic E-state index is 0.291. The number of rotatable bonds is 3. The Morgan fingerprint density at radius 2 is 2.27 bits per heavy atom. The summed E-state index contributed by atoms with van der Waals surface area (Å²) in [6.45, 7) is 4.12. The van der Waals surface area contributed by atoms with Gasteiger partial charge in [-0.1, -0.05) is 13.0 Å². The number of aromatic nitrogens is 1. The zero-order chi connectivity index (χ0) is 10.9. The van der Waals surface area contributed by atoms with Gasteiger partial charge in [-0.25, -0.2) is 4.98 Å². The van der Waals surface area contributed by atoms with Crippen LogP contribution in [-0.4, -0.2) is 4.98 Å². The summed E-state index contributed by atoms with van der Waals surface area (Å²) in [5.41, 5.74) is 6.91. The topological polar surface area (TPSA) is 38.9 Å². The summed E-state index contributed by atoms with van der Waals surface area (Å²) in [5, 5.41) is 5.17. The number of nitrogens with two attached hydrogens (primary N) is 1. The van der Waals surface area contributed by atoms with Crippen LogP contribution in [0.5, 0.6) is 0 Å². The van der Waals surface area contributed by atoms with Gasteiger partial charge in [0.05, 0.1) is 16.1 Å². The molecule has 2 aromatic heterocycles. The lowest BCUT2D eigenvalue weighted by molar-refractivity contribution is 0.474. The highest BCUT2D eigenvalue weighted by molar-refractivity contribution is 7.14. The highest BCUT2D eigenvalue weighted by atomic mass is 32.1. The van der Waals surface area contributed by atoms with Gasteiger partial charge < -0.3 is 5.73 Å². The zero-order valence-corrected chi connectivity index (χ0v) is 10.5. The van der Waals surface area contributed by atoms with Crippen molar-refractivity contribution in [1.29, 1.82) is 0 Å². The number of thiazole rings is 1. The van der Waals surface area contributed by atoms with Gasteiger partial charge in [0.2, 0.25) is 0 Å². The summed E-state index contributed by atoms with van der Waals surface area (Å²) < 4.78 is 0. The predicted octanol–water partition coefficient (Wildman–Crippen LogP) is 3.46. The number of thiophene rings is 1. The molecule has 0 aliphatic rings. The normalized spacial score (nSPS) is 15.1. The molecule has 80 valence electrons. The van der Waals surface area contributed by atoms with Gasteiger partial charge in [-0.3, -0.25) is 0 Å².